The SMILES string of the molecule is COCc1ccc(CNC(=O)CCc2ccccc2N)cc1. The van der Waals surface area contributed by atoms with E-state index in [1.54, 1.807) is 7.11 Å². The predicted octanol–water partition coefficient (Wildman–Crippen LogP) is 2.66. The van der Waals surface area contributed by atoms with Gasteiger partial charge in [-0.15, -0.1) is 0 Å². The van der Waals surface area contributed by atoms with Gasteiger partial charge in [0.15, 0.2) is 0 Å². The van der Waals surface area contributed by atoms with Crippen LogP contribution in [0.25, 0.3) is 0 Å². The lowest BCUT2D eigenvalue weighted by Gasteiger charge is -2.08. The highest BCUT2D eigenvalue weighted by molar-refractivity contribution is 5.76. The van der Waals surface area contributed by atoms with Crippen molar-refractivity contribution in [3.63, 3.8) is 0 Å². The van der Waals surface area contributed by atoms with Crippen LogP contribution in [0.5, 0.6) is 0 Å². The van der Waals surface area contributed by atoms with Crippen LogP contribution >= 0.6 is 0 Å². The summed E-state index contributed by atoms with van der Waals surface area (Å²) in [6.45, 7) is 1.14. The van der Waals surface area contributed by atoms with Crippen LogP contribution in [0.2, 0.25) is 0 Å². The minimum absolute atomic E-state index is 0.0317. The molecule has 0 aliphatic heterocycles. The number of benzene rings is 2. The molecule has 0 spiro atoms. The minimum Gasteiger partial charge on any atom is -0.399 e. The number of nitrogens with one attached hydrogen (secondary N) is 1. The second kappa shape index (κ2) is 8.20. The standard InChI is InChI=1S/C18H22N2O2/c1-22-13-15-8-6-14(7-9-15)12-20-18(21)11-10-16-4-2-3-5-17(16)19/h2-9H,10-13,19H2,1H3,(H,20,21). The van der Waals surface area contributed by atoms with Crippen LogP contribution in [0.15, 0.2) is 48.5 Å². The largest absolute Gasteiger partial charge is 0.399 e. The number of para-hydroxylation sites is 1. The van der Waals surface area contributed by atoms with Crippen molar-refractivity contribution < 1.29 is 9.53 Å². The molecule has 4 nitrogen and oxygen atoms in total. The number of anilines is 1. The van der Waals surface area contributed by atoms with Gasteiger partial charge in [0.05, 0.1) is 6.61 Å². The highest BCUT2D eigenvalue weighted by Crippen LogP contribution is 2.12. The number of carbonyl (C=O) groups excluding carboxylic acids is 1. The summed E-state index contributed by atoms with van der Waals surface area (Å²) in [5, 5.41) is 2.93. The van der Waals surface area contributed by atoms with Gasteiger partial charge in [0.25, 0.3) is 0 Å². The maximum Gasteiger partial charge on any atom is 0.220 e. The molecule has 0 aliphatic rings. The average molecular weight is 298 g/mol. The Morgan fingerprint density at radius 3 is 2.45 bits per heavy atom. The van der Waals surface area contributed by atoms with E-state index in [4.69, 9.17) is 10.5 Å². The molecule has 0 heterocycles. The van der Waals surface area contributed by atoms with Gasteiger partial charge in [-0.1, -0.05) is 42.5 Å². The monoisotopic (exact) mass is 298 g/mol. The van der Waals surface area contributed by atoms with E-state index in [0.717, 1.165) is 22.4 Å². The second-order valence-corrected chi connectivity index (χ2v) is 5.23. The number of carbonyl (C=O) groups is 1. The highest BCUT2D eigenvalue weighted by Gasteiger charge is 2.04. The molecule has 2 aromatic rings. The second-order valence-electron chi connectivity index (χ2n) is 5.23. The molecule has 116 valence electrons. The number of hydrogen-bond acceptors (Lipinski definition) is 3. The van der Waals surface area contributed by atoms with Crippen LogP contribution in [0, 0.1) is 0 Å². The van der Waals surface area contributed by atoms with E-state index < -0.39 is 0 Å². The van der Waals surface area contributed by atoms with Crippen molar-refractivity contribution in [1.29, 1.82) is 0 Å². The third-order valence-corrected chi connectivity index (χ3v) is 3.50. The molecule has 3 N–H and O–H groups in total. The smallest absolute Gasteiger partial charge is 0.220 e. The van der Waals surface area contributed by atoms with E-state index in [1.807, 2.05) is 48.5 Å². The topological polar surface area (TPSA) is 64.3 Å². The lowest BCUT2D eigenvalue weighted by atomic mass is 10.1. The van der Waals surface area contributed by atoms with Crippen molar-refractivity contribution in [1.82, 2.24) is 5.32 Å². The van der Waals surface area contributed by atoms with Gasteiger partial charge in [-0.3, -0.25) is 4.79 Å². The lowest BCUT2D eigenvalue weighted by Crippen LogP contribution is -2.23. The zero-order chi connectivity index (χ0) is 15.8. The normalized spacial score (nSPS) is 10.4. The number of methoxy groups -OCH3 is 1. The van der Waals surface area contributed by atoms with Gasteiger partial charge in [0, 0.05) is 25.8 Å². The average Bonchev–Trinajstić information content (AvgIpc) is 2.54. The van der Waals surface area contributed by atoms with Crippen LogP contribution < -0.4 is 11.1 Å². The first-order valence-corrected chi connectivity index (χ1v) is 7.36. The Balaban J connectivity index is 1.76. The molecule has 0 atom stereocenters. The fourth-order valence-corrected chi connectivity index (χ4v) is 2.22. The number of rotatable bonds is 7. The van der Waals surface area contributed by atoms with Crippen molar-refractivity contribution in [2.45, 2.75) is 26.0 Å². The molecule has 22 heavy (non-hydrogen) atoms. The van der Waals surface area contributed by atoms with E-state index in [9.17, 15) is 4.79 Å². The van der Waals surface area contributed by atoms with E-state index in [1.165, 1.54) is 0 Å². The Kier molecular flexibility index (Phi) is 5.98. The third-order valence-electron chi connectivity index (χ3n) is 3.50. The highest BCUT2D eigenvalue weighted by atomic mass is 16.5. The van der Waals surface area contributed by atoms with Gasteiger partial charge in [-0.05, 0) is 29.2 Å². The van der Waals surface area contributed by atoms with Crippen molar-refractivity contribution in [3.8, 4) is 0 Å². The van der Waals surface area contributed by atoms with Gasteiger partial charge < -0.3 is 15.8 Å². The molecule has 2 rings (SSSR count). The van der Waals surface area contributed by atoms with Gasteiger partial charge in [-0.25, -0.2) is 0 Å². The summed E-state index contributed by atoms with van der Waals surface area (Å²) in [6, 6.07) is 15.7. The first kappa shape index (κ1) is 16.0. The molecule has 2 aromatic carbocycles. The van der Waals surface area contributed by atoms with Gasteiger partial charge >= 0.3 is 0 Å². The van der Waals surface area contributed by atoms with Gasteiger partial charge in [0.2, 0.25) is 5.91 Å². The third kappa shape index (κ3) is 4.90. The molecule has 0 unspecified atom stereocenters. The number of nitrogen functional groups attached to an aromatic ring is 1. The molecule has 1 amide bonds. The molecular formula is C18H22N2O2. The molecule has 0 radical (unpaired) electrons. The van der Waals surface area contributed by atoms with Crippen LogP contribution in [0.4, 0.5) is 5.69 Å². The van der Waals surface area contributed by atoms with Crippen molar-refractivity contribution in [3.05, 3.63) is 65.2 Å². The fourth-order valence-electron chi connectivity index (χ4n) is 2.22. The Morgan fingerprint density at radius 2 is 1.77 bits per heavy atom. The molecule has 0 aliphatic carbocycles. The van der Waals surface area contributed by atoms with Crippen LogP contribution in [0.3, 0.4) is 0 Å². The Bertz CT molecular complexity index is 609. The lowest BCUT2D eigenvalue weighted by molar-refractivity contribution is -0.121. The van der Waals surface area contributed by atoms with Crippen molar-refractivity contribution in [2.24, 2.45) is 0 Å². The molecule has 0 fully saturated rings. The van der Waals surface area contributed by atoms with Crippen LogP contribution in [-0.4, -0.2) is 13.0 Å². The summed E-state index contributed by atoms with van der Waals surface area (Å²) < 4.78 is 5.07. The predicted molar refractivity (Wildman–Crippen MR) is 88.2 cm³/mol. The number of ether oxygens (including phenoxy) is 1. The number of aryl methyl sites for hydroxylation is 1. The van der Waals surface area contributed by atoms with E-state index >= 15 is 0 Å². The molecule has 0 bridgehead atoms. The fraction of sp³-hybridized carbons (Fsp3) is 0.278. The van der Waals surface area contributed by atoms with Crippen LogP contribution in [0.1, 0.15) is 23.1 Å². The molecule has 4 heteroatoms. The molecule has 0 saturated heterocycles. The maximum atomic E-state index is 11.9. The summed E-state index contributed by atoms with van der Waals surface area (Å²) in [5.74, 6) is 0.0317. The quantitative estimate of drug-likeness (QED) is 0.772. The Labute approximate surface area is 131 Å². The Hall–Kier alpha value is -2.33. The Morgan fingerprint density at radius 1 is 1.09 bits per heavy atom. The molecule has 0 saturated carbocycles. The van der Waals surface area contributed by atoms with Crippen LogP contribution in [-0.2, 0) is 29.1 Å². The first-order chi connectivity index (χ1) is 10.7. The zero-order valence-corrected chi connectivity index (χ0v) is 12.8. The van der Waals surface area contributed by atoms with E-state index in [0.29, 0.717) is 26.0 Å². The number of amides is 1. The zero-order valence-electron chi connectivity index (χ0n) is 12.8. The van der Waals surface area contributed by atoms with Crippen molar-refractivity contribution in [2.75, 3.05) is 12.8 Å². The summed E-state index contributed by atoms with van der Waals surface area (Å²) in [6.07, 6.45) is 1.10. The maximum absolute atomic E-state index is 11.9. The number of nitrogens with two attached hydrogens (primary N) is 1. The van der Waals surface area contributed by atoms with Crippen molar-refractivity contribution >= 4 is 11.6 Å². The molecular weight excluding hydrogens is 276 g/mol. The van der Waals surface area contributed by atoms with Gasteiger partial charge in [0.1, 0.15) is 0 Å². The van der Waals surface area contributed by atoms with E-state index in [2.05, 4.69) is 5.32 Å². The summed E-state index contributed by atoms with van der Waals surface area (Å²) in [4.78, 5) is 11.9. The summed E-state index contributed by atoms with van der Waals surface area (Å²) >= 11 is 0. The van der Waals surface area contributed by atoms with Gasteiger partial charge in [-0.2, -0.15) is 0 Å². The van der Waals surface area contributed by atoms with E-state index in [-0.39, 0.29) is 5.91 Å². The summed E-state index contributed by atoms with van der Waals surface area (Å²) in [5.41, 5.74) is 9.82. The number of hydrogen-bond donors (Lipinski definition) is 2. The summed E-state index contributed by atoms with van der Waals surface area (Å²) in [7, 11) is 1.67. The minimum atomic E-state index is 0.0317. The first-order valence-electron chi connectivity index (χ1n) is 7.36. The molecule has 0 aromatic heterocycles.